The van der Waals surface area contributed by atoms with E-state index in [-0.39, 0.29) is 48.9 Å². The number of carbonyl (C=O) groups excluding carboxylic acids is 1. The van der Waals surface area contributed by atoms with Crippen LogP contribution in [0.2, 0.25) is 0 Å². The molecule has 2 rings (SSSR count). The van der Waals surface area contributed by atoms with Crippen LogP contribution >= 0.6 is 0 Å². The predicted octanol–water partition coefficient (Wildman–Crippen LogP) is 1.59. The zero-order valence-electron chi connectivity index (χ0n) is 13.5. The normalized spacial score (nSPS) is 18.9. The van der Waals surface area contributed by atoms with Gasteiger partial charge in [-0.05, 0) is 18.4 Å². The molecule has 1 aliphatic heterocycles. The highest BCUT2D eigenvalue weighted by atomic mass is 32.2. The average Bonchev–Trinajstić information content (AvgIpc) is 2.86. The first-order chi connectivity index (χ1) is 11.7. The van der Waals surface area contributed by atoms with E-state index in [1.54, 1.807) is 0 Å². The molecule has 9 heteroatoms. The number of aliphatic carboxylic acids is 1. The van der Waals surface area contributed by atoms with Crippen molar-refractivity contribution in [3.63, 3.8) is 0 Å². The number of benzene rings is 1. The number of carboxylic acid groups (broad SMARTS) is 1. The van der Waals surface area contributed by atoms with Crippen LogP contribution in [-0.4, -0.2) is 48.4 Å². The molecule has 1 heterocycles. The number of halogens is 2. The zero-order valence-corrected chi connectivity index (χ0v) is 14.3. The second kappa shape index (κ2) is 7.90. The molecule has 0 unspecified atom stereocenters. The first-order valence-electron chi connectivity index (χ1n) is 7.81. The largest absolute Gasteiger partial charge is 0.481 e. The molecule has 1 atom stereocenters. The van der Waals surface area contributed by atoms with E-state index in [1.165, 1.54) is 12.1 Å². The molecule has 0 bridgehead atoms. The molecule has 0 saturated carbocycles. The van der Waals surface area contributed by atoms with Crippen LogP contribution < -0.4 is 0 Å². The summed E-state index contributed by atoms with van der Waals surface area (Å²) in [5, 5.41) is 8.81. The number of carbonyl (C=O) groups is 2. The molecule has 0 aliphatic carbocycles. The van der Waals surface area contributed by atoms with Gasteiger partial charge in [0, 0.05) is 25.1 Å². The molecule has 1 N–H and O–H groups in total. The molecule has 1 fully saturated rings. The van der Waals surface area contributed by atoms with Crippen molar-refractivity contribution in [2.45, 2.75) is 25.8 Å². The lowest BCUT2D eigenvalue weighted by Crippen LogP contribution is -2.34. The van der Waals surface area contributed by atoms with E-state index in [0.717, 1.165) is 11.0 Å². The first kappa shape index (κ1) is 19.3. The Bertz CT molecular complexity index is 766. The molecule has 1 aromatic rings. The van der Waals surface area contributed by atoms with Gasteiger partial charge in [-0.15, -0.1) is 0 Å². The molecule has 1 aromatic carbocycles. The second-order valence-corrected chi connectivity index (χ2v) is 8.37. The number of rotatable bonds is 7. The number of hydrogen-bond donors (Lipinski definition) is 1. The molecular formula is C16H19F2NO5S. The number of nitrogens with zero attached hydrogens (tertiary/aromatic N) is 1. The number of amides is 1. The molecule has 1 aliphatic rings. The standard InChI is InChI=1S/C16H19F2NO5S/c17-13-3-1-2-12(16(13)18)9-19(6-4-15(21)22)14(20)8-11-5-7-25(23,24)10-11/h1-3,11H,4-10H2,(H,21,22)/t11-/m1/s1. The maximum atomic E-state index is 13.8. The molecule has 0 aromatic heterocycles. The van der Waals surface area contributed by atoms with Gasteiger partial charge in [0.1, 0.15) is 0 Å². The van der Waals surface area contributed by atoms with Crippen molar-refractivity contribution < 1.29 is 31.9 Å². The molecular weight excluding hydrogens is 356 g/mol. The van der Waals surface area contributed by atoms with Gasteiger partial charge in [0.15, 0.2) is 21.5 Å². The average molecular weight is 375 g/mol. The van der Waals surface area contributed by atoms with Gasteiger partial charge in [0.25, 0.3) is 0 Å². The molecule has 6 nitrogen and oxygen atoms in total. The van der Waals surface area contributed by atoms with Crippen molar-refractivity contribution in [3.8, 4) is 0 Å². The summed E-state index contributed by atoms with van der Waals surface area (Å²) in [7, 11) is -3.14. The zero-order chi connectivity index (χ0) is 18.6. The lowest BCUT2D eigenvalue weighted by molar-refractivity contribution is -0.139. The molecule has 0 radical (unpaired) electrons. The number of sulfone groups is 1. The number of hydrogen-bond acceptors (Lipinski definition) is 4. The van der Waals surface area contributed by atoms with Crippen molar-refractivity contribution in [3.05, 3.63) is 35.4 Å². The third-order valence-electron chi connectivity index (χ3n) is 4.13. The quantitative estimate of drug-likeness (QED) is 0.781. The predicted molar refractivity (Wildman–Crippen MR) is 85.4 cm³/mol. The fourth-order valence-corrected chi connectivity index (χ4v) is 4.67. The highest BCUT2D eigenvalue weighted by Crippen LogP contribution is 2.23. The maximum absolute atomic E-state index is 13.8. The van der Waals surface area contributed by atoms with Crippen molar-refractivity contribution in [1.29, 1.82) is 0 Å². The Morgan fingerprint density at radius 2 is 2.00 bits per heavy atom. The SMILES string of the molecule is O=C(O)CCN(Cc1cccc(F)c1F)C(=O)C[C@H]1CCS(=O)(=O)C1. The van der Waals surface area contributed by atoms with Gasteiger partial charge < -0.3 is 10.0 Å². The van der Waals surface area contributed by atoms with Gasteiger partial charge in [-0.2, -0.15) is 0 Å². The monoisotopic (exact) mass is 375 g/mol. The van der Waals surface area contributed by atoms with E-state index in [0.29, 0.717) is 6.42 Å². The van der Waals surface area contributed by atoms with Crippen LogP contribution in [0, 0.1) is 17.6 Å². The minimum Gasteiger partial charge on any atom is -0.481 e. The van der Waals surface area contributed by atoms with Crippen LogP contribution in [0.3, 0.4) is 0 Å². The van der Waals surface area contributed by atoms with Gasteiger partial charge in [-0.3, -0.25) is 9.59 Å². The minimum absolute atomic E-state index is 0.0264. The van der Waals surface area contributed by atoms with E-state index >= 15 is 0 Å². The Balaban J connectivity index is 2.10. The van der Waals surface area contributed by atoms with Gasteiger partial charge in [0.05, 0.1) is 17.9 Å². The van der Waals surface area contributed by atoms with Crippen molar-refractivity contribution in [2.24, 2.45) is 5.92 Å². The summed E-state index contributed by atoms with van der Waals surface area (Å²) in [6, 6.07) is 3.57. The molecule has 138 valence electrons. The van der Waals surface area contributed by atoms with Gasteiger partial charge in [-0.1, -0.05) is 12.1 Å². The van der Waals surface area contributed by atoms with Gasteiger partial charge >= 0.3 is 5.97 Å². The molecule has 1 saturated heterocycles. The summed E-state index contributed by atoms with van der Waals surface area (Å²) < 4.78 is 50.1. The second-order valence-electron chi connectivity index (χ2n) is 6.15. The van der Waals surface area contributed by atoms with Crippen molar-refractivity contribution >= 4 is 21.7 Å². The first-order valence-corrected chi connectivity index (χ1v) is 9.63. The lowest BCUT2D eigenvalue weighted by atomic mass is 10.0. The molecule has 0 spiro atoms. The van der Waals surface area contributed by atoms with Gasteiger partial charge in [-0.25, -0.2) is 17.2 Å². The van der Waals surface area contributed by atoms with E-state index in [9.17, 15) is 26.8 Å². The fraction of sp³-hybridized carbons (Fsp3) is 0.500. The highest BCUT2D eigenvalue weighted by Gasteiger charge is 2.31. The van der Waals surface area contributed by atoms with E-state index in [1.807, 2.05) is 0 Å². The van der Waals surface area contributed by atoms with Crippen LogP contribution in [-0.2, 0) is 26.0 Å². The van der Waals surface area contributed by atoms with E-state index < -0.39 is 33.3 Å². The minimum atomic E-state index is -3.14. The number of carboxylic acids is 1. The maximum Gasteiger partial charge on any atom is 0.305 e. The summed E-state index contributed by atoms with van der Waals surface area (Å²) in [4.78, 5) is 24.4. The van der Waals surface area contributed by atoms with Crippen LogP contribution in [0.4, 0.5) is 8.78 Å². The molecule has 1 amide bonds. The van der Waals surface area contributed by atoms with Gasteiger partial charge in [0.2, 0.25) is 5.91 Å². The lowest BCUT2D eigenvalue weighted by Gasteiger charge is -2.24. The fourth-order valence-electron chi connectivity index (χ4n) is 2.81. The Labute approximate surface area is 144 Å². The highest BCUT2D eigenvalue weighted by molar-refractivity contribution is 7.91. The summed E-state index contributed by atoms with van der Waals surface area (Å²) in [6.45, 7) is -0.432. The summed E-state index contributed by atoms with van der Waals surface area (Å²) in [5.74, 6) is -4.11. The topological polar surface area (TPSA) is 91.8 Å². The van der Waals surface area contributed by atoms with Crippen LogP contribution in [0.25, 0.3) is 0 Å². The third kappa shape index (κ3) is 5.48. The van der Waals surface area contributed by atoms with Crippen molar-refractivity contribution in [2.75, 3.05) is 18.1 Å². The van der Waals surface area contributed by atoms with Crippen LogP contribution in [0.5, 0.6) is 0 Å². The Hall–Kier alpha value is -2.03. The van der Waals surface area contributed by atoms with E-state index in [4.69, 9.17) is 5.11 Å². The van der Waals surface area contributed by atoms with Crippen molar-refractivity contribution in [1.82, 2.24) is 4.90 Å². The Morgan fingerprint density at radius 1 is 1.28 bits per heavy atom. The Kier molecular flexibility index (Phi) is 6.10. The van der Waals surface area contributed by atoms with E-state index in [2.05, 4.69) is 0 Å². The third-order valence-corrected chi connectivity index (χ3v) is 5.97. The Morgan fingerprint density at radius 3 is 2.60 bits per heavy atom. The van der Waals surface area contributed by atoms with Crippen LogP contribution in [0.15, 0.2) is 18.2 Å². The summed E-state index contributed by atoms with van der Waals surface area (Å²) >= 11 is 0. The smallest absolute Gasteiger partial charge is 0.305 e. The molecule has 25 heavy (non-hydrogen) atoms. The van der Waals surface area contributed by atoms with Crippen LogP contribution in [0.1, 0.15) is 24.8 Å². The summed E-state index contributed by atoms with van der Waals surface area (Å²) in [6.07, 6.45) is -0.0312. The summed E-state index contributed by atoms with van der Waals surface area (Å²) in [5.41, 5.74) is -0.0576.